The van der Waals surface area contributed by atoms with Crippen molar-refractivity contribution in [1.82, 2.24) is 5.48 Å². The Labute approximate surface area is 111 Å². The highest BCUT2D eigenvalue weighted by molar-refractivity contribution is 7.80. The fourth-order valence-corrected chi connectivity index (χ4v) is 1.74. The predicted molar refractivity (Wildman–Crippen MR) is 74.2 cm³/mol. The van der Waals surface area contributed by atoms with Gasteiger partial charge in [-0.1, -0.05) is 42.5 Å². The lowest BCUT2D eigenvalue weighted by Gasteiger charge is -2.07. The van der Waals surface area contributed by atoms with Crippen molar-refractivity contribution < 1.29 is 9.94 Å². The van der Waals surface area contributed by atoms with E-state index in [-0.39, 0.29) is 0 Å². The average molecular weight is 259 g/mol. The summed E-state index contributed by atoms with van der Waals surface area (Å²) in [5.41, 5.74) is 2.95. The zero-order chi connectivity index (χ0) is 12.8. The summed E-state index contributed by atoms with van der Waals surface area (Å²) < 4.78 is 5.71. The van der Waals surface area contributed by atoms with Gasteiger partial charge in [-0.15, -0.1) is 0 Å². The number of nitrogens with one attached hydrogen (secondary N) is 1. The zero-order valence-corrected chi connectivity index (χ0v) is 10.5. The number of hydroxylamine groups is 1. The third kappa shape index (κ3) is 3.55. The van der Waals surface area contributed by atoms with Crippen molar-refractivity contribution in [3.63, 3.8) is 0 Å². The Morgan fingerprint density at radius 2 is 1.78 bits per heavy atom. The molecule has 0 saturated carbocycles. The Balaban J connectivity index is 2.10. The molecule has 2 N–H and O–H groups in total. The van der Waals surface area contributed by atoms with Crippen LogP contribution in [0.15, 0.2) is 54.6 Å². The summed E-state index contributed by atoms with van der Waals surface area (Å²) in [6.07, 6.45) is 0.484. The lowest BCUT2D eigenvalue weighted by Crippen LogP contribution is -2.18. The first-order chi connectivity index (χ1) is 8.78. The molecule has 0 amide bonds. The van der Waals surface area contributed by atoms with Gasteiger partial charge in [0.2, 0.25) is 0 Å². The molecule has 4 heteroatoms. The van der Waals surface area contributed by atoms with Crippen molar-refractivity contribution >= 4 is 17.2 Å². The standard InChI is InChI=1S/C14H13NO2S/c16-15-14(18)10-11-5-4-8-13(9-11)17-12-6-2-1-3-7-12/h1-9,16H,10H2,(H,15,18). The quantitative estimate of drug-likeness (QED) is 0.653. The highest BCUT2D eigenvalue weighted by atomic mass is 32.1. The van der Waals surface area contributed by atoms with Gasteiger partial charge < -0.3 is 4.74 Å². The largest absolute Gasteiger partial charge is 0.457 e. The summed E-state index contributed by atoms with van der Waals surface area (Å²) in [7, 11) is 0. The minimum Gasteiger partial charge on any atom is -0.457 e. The molecule has 0 fully saturated rings. The summed E-state index contributed by atoms with van der Waals surface area (Å²) in [5.74, 6) is 1.54. The van der Waals surface area contributed by atoms with Crippen LogP contribution in [0.5, 0.6) is 11.5 Å². The van der Waals surface area contributed by atoms with Crippen LogP contribution >= 0.6 is 12.2 Å². The number of benzene rings is 2. The number of hydrogen-bond acceptors (Lipinski definition) is 3. The molecule has 0 spiro atoms. The van der Waals surface area contributed by atoms with E-state index in [0.717, 1.165) is 17.1 Å². The molecule has 2 aromatic carbocycles. The van der Waals surface area contributed by atoms with E-state index < -0.39 is 0 Å². The molecule has 0 aromatic heterocycles. The van der Waals surface area contributed by atoms with Gasteiger partial charge in [-0.05, 0) is 29.8 Å². The Morgan fingerprint density at radius 3 is 2.50 bits per heavy atom. The maximum absolute atomic E-state index is 8.68. The third-order valence-corrected chi connectivity index (χ3v) is 2.60. The lowest BCUT2D eigenvalue weighted by molar-refractivity contribution is 0.235. The topological polar surface area (TPSA) is 41.5 Å². The van der Waals surface area contributed by atoms with Crippen LogP contribution in [0.2, 0.25) is 0 Å². The van der Waals surface area contributed by atoms with E-state index in [9.17, 15) is 0 Å². The van der Waals surface area contributed by atoms with Gasteiger partial charge in [0.15, 0.2) is 0 Å². The molecule has 0 aliphatic carbocycles. The minimum absolute atomic E-state index is 0.381. The summed E-state index contributed by atoms with van der Waals surface area (Å²) in [4.78, 5) is 0.381. The van der Waals surface area contributed by atoms with E-state index in [1.54, 1.807) is 0 Å². The Bertz CT molecular complexity index is 528. The molecule has 0 heterocycles. The van der Waals surface area contributed by atoms with Crippen molar-refractivity contribution in [3.8, 4) is 11.5 Å². The Hall–Kier alpha value is -1.91. The number of para-hydroxylation sites is 1. The first-order valence-corrected chi connectivity index (χ1v) is 5.93. The van der Waals surface area contributed by atoms with Crippen LogP contribution < -0.4 is 10.2 Å². The monoisotopic (exact) mass is 259 g/mol. The maximum Gasteiger partial charge on any atom is 0.127 e. The van der Waals surface area contributed by atoms with Crippen molar-refractivity contribution in [2.45, 2.75) is 6.42 Å². The van der Waals surface area contributed by atoms with E-state index >= 15 is 0 Å². The highest BCUT2D eigenvalue weighted by Gasteiger charge is 2.01. The molecule has 0 saturated heterocycles. The first kappa shape index (κ1) is 12.5. The van der Waals surface area contributed by atoms with Gasteiger partial charge in [-0.2, -0.15) is 0 Å². The molecule has 0 bridgehead atoms. The van der Waals surface area contributed by atoms with Crippen LogP contribution in [0.25, 0.3) is 0 Å². The summed E-state index contributed by atoms with van der Waals surface area (Å²) in [5, 5.41) is 8.68. The van der Waals surface area contributed by atoms with Crippen molar-refractivity contribution in [1.29, 1.82) is 0 Å². The van der Waals surface area contributed by atoms with E-state index in [1.165, 1.54) is 0 Å². The van der Waals surface area contributed by atoms with Crippen molar-refractivity contribution in [2.24, 2.45) is 0 Å². The smallest absolute Gasteiger partial charge is 0.127 e. The SMILES string of the molecule is ONC(=S)Cc1cccc(Oc2ccccc2)c1. The second-order valence-corrected chi connectivity index (χ2v) is 4.27. The van der Waals surface area contributed by atoms with Gasteiger partial charge in [0, 0.05) is 6.42 Å². The number of rotatable bonds is 4. The van der Waals surface area contributed by atoms with Gasteiger partial charge in [-0.3, -0.25) is 10.7 Å². The van der Waals surface area contributed by atoms with Crippen LogP contribution in [-0.4, -0.2) is 10.2 Å². The minimum atomic E-state index is 0.381. The molecular formula is C14H13NO2S. The van der Waals surface area contributed by atoms with E-state index in [2.05, 4.69) is 0 Å². The normalized spacial score (nSPS) is 9.83. The van der Waals surface area contributed by atoms with Crippen LogP contribution in [-0.2, 0) is 6.42 Å². The van der Waals surface area contributed by atoms with Gasteiger partial charge in [-0.25, -0.2) is 0 Å². The van der Waals surface area contributed by atoms with Crippen molar-refractivity contribution in [2.75, 3.05) is 0 Å². The first-order valence-electron chi connectivity index (χ1n) is 5.53. The third-order valence-electron chi connectivity index (χ3n) is 2.37. The summed E-state index contributed by atoms with van der Waals surface area (Å²) in [6, 6.07) is 17.2. The van der Waals surface area contributed by atoms with Gasteiger partial charge in [0.1, 0.15) is 16.5 Å². The molecule has 18 heavy (non-hydrogen) atoms. The number of ether oxygens (including phenoxy) is 1. The van der Waals surface area contributed by atoms with Crippen LogP contribution in [0.4, 0.5) is 0 Å². The highest BCUT2D eigenvalue weighted by Crippen LogP contribution is 2.21. The molecule has 0 aliphatic rings. The Morgan fingerprint density at radius 1 is 1.06 bits per heavy atom. The van der Waals surface area contributed by atoms with E-state index in [1.807, 2.05) is 60.1 Å². The molecule has 0 aliphatic heterocycles. The van der Waals surface area contributed by atoms with Crippen LogP contribution in [0.3, 0.4) is 0 Å². The van der Waals surface area contributed by atoms with Crippen LogP contribution in [0, 0.1) is 0 Å². The fourth-order valence-electron chi connectivity index (χ4n) is 1.57. The lowest BCUT2D eigenvalue weighted by atomic mass is 10.1. The molecule has 2 rings (SSSR count). The fraction of sp³-hybridized carbons (Fsp3) is 0.0714. The van der Waals surface area contributed by atoms with Gasteiger partial charge in [0.05, 0.1) is 0 Å². The molecule has 92 valence electrons. The average Bonchev–Trinajstić information content (AvgIpc) is 2.40. The molecule has 3 nitrogen and oxygen atoms in total. The van der Waals surface area contributed by atoms with E-state index in [4.69, 9.17) is 22.2 Å². The molecule has 2 aromatic rings. The summed E-state index contributed by atoms with van der Waals surface area (Å²) in [6.45, 7) is 0. The Kier molecular flexibility index (Phi) is 4.28. The number of thiocarbonyl (C=S) groups is 1. The van der Waals surface area contributed by atoms with Gasteiger partial charge >= 0.3 is 0 Å². The van der Waals surface area contributed by atoms with Crippen LogP contribution in [0.1, 0.15) is 5.56 Å². The second-order valence-electron chi connectivity index (χ2n) is 3.77. The van der Waals surface area contributed by atoms with Gasteiger partial charge in [0.25, 0.3) is 0 Å². The molecular weight excluding hydrogens is 246 g/mol. The predicted octanol–water partition coefficient (Wildman–Crippen LogP) is 3.33. The van der Waals surface area contributed by atoms with E-state index in [0.29, 0.717) is 11.4 Å². The second kappa shape index (κ2) is 6.14. The zero-order valence-electron chi connectivity index (χ0n) is 9.67. The summed E-state index contributed by atoms with van der Waals surface area (Å²) >= 11 is 4.91. The van der Waals surface area contributed by atoms with Crippen molar-refractivity contribution in [3.05, 3.63) is 60.2 Å². The molecule has 0 atom stereocenters. The maximum atomic E-state index is 8.68. The molecule has 0 radical (unpaired) electrons. The number of hydrogen-bond donors (Lipinski definition) is 2. The molecule has 0 unspecified atom stereocenters.